The Morgan fingerprint density at radius 2 is 1.21 bits per heavy atom. The number of methoxy groups -OCH3 is 2. The third-order valence-electron chi connectivity index (χ3n) is 4.72. The highest BCUT2D eigenvalue weighted by Crippen LogP contribution is 2.29. The van der Waals surface area contributed by atoms with Gasteiger partial charge in [-0.3, -0.25) is 0 Å². The summed E-state index contributed by atoms with van der Waals surface area (Å²) in [5.41, 5.74) is 1.58. The van der Waals surface area contributed by atoms with Gasteiger partial charge in [-0.05, 0) is 37.1 Å². The van der Waals surface area contributed by atoms with Crippen LogP contribution >= 0.6 is 0 Å². The lowest BCUT2D eigenvalue weighted by Gasteiger charge is -2.18. The molecular weight excluding hydrogens is 368 g/mol. The Balaban J connectivity index is 1.69. The number of rotatable bonds is 7. The van der Waals surface area contributed by atoms with Crippen LogP contribution in [0.25, 0.3) is 0 Å². The standard InChI is InChI=1S/C21H24N6O2/c1-28-17-11-5-3-9-15(17)22-19-24-20(23-16-10-4-6-12-18(16)29-2)26-21(25-19)27-13-7-8-14-27/h3-6,9-12H,7-8,13-14H2,1-2H3,(H2,22,23,24,25,26). The quantitative estimate of drug-likeness (QED) is 0.625. The molecule has 2 N–H and O–H groups in total. The van der Waals surface area contributed by atoms with E-state index < -0.39 is 0 Å². The van der Waals surface area contributed by atoms with Gasteiger partial charge in [0, 0.05) is 13.1 Å². The second kappa shape index (κ2) is 8.64. The van der Waals surface area contributed by atoms with Crippen LogP contribution in [0.2, 0.25) is 0 Å². The minimum Gasteiger partial charge on any atom is -0.495 e. The van der Waals surface area contributed by atoms with Crippen LogP contribution in [0.1, 0.15) is 12.8 Å². The highest BCUT2D eigenvalue weighted by Gasteiger charge is 2.18. The second-order valence-corrected chi connectivity index (χ2v) is 6.63. The molecular formula is C21H24N6O2. The van der Waals surface area contributed by atoms with Gasteiger partial charge in [-0.1, -0.05) is 24.3 Å². The van der Waals surface area contributed by atoms with Crippen LogP contribution in [0.15, 0.2) is 48.5 Å². The minimum atomic E-state index is 0.448. The van der Waals surface area contributed by atoms with Crippen molar-refractivity contribution in [2.24, 2.45) is 0 Å². The summed E-state index contributed by atoms with van der Waals surface area (Å²) >= 11 is 0. The number of aromatic nitrogens is 3. The summed E-state index contributed by atoms with van der Waals surface area (Å²) in [5, 5.41) is 6.51. The molecule has 1 aliphatic heterocycles. The monoisotopic (exact) mass is 392 g/mol. The van der Waals surface area contributed by atoms with Crippen LogP contribution in [0.4, 0.5) is 29.2 Å². The lowest BCUT2D eigenvalue weighted by Crippen LogP contribution is -2.22. The number of benzene rings is 2. The molecule has 0 radical (unpaired) electrons. The van der Waals surface area contributed by atoms with Crippen molar-refractivity contribution in [1.29, 1.82) is 0 Å². The second-order valence-electron chi connectivity index (χ2n) is 6.63. The van der Waals surface area contributed by atoms with Gasteiger partial charge in [-0.2, -0.15) is 15.0 Å². The zero-order chi connectivity index (χ0) is 20.1. The molecule has 150 valence electrons. The third-order valence-corrected chi connectivity index (χ3v) is 4.72. The summed E-state index contributed by atoms with van der Waals surface area (Å²) in [6.07, 6.45) is 2.27. The molecule has 1 saturated heterocycles. The third kappa shape index (κ3) is 4.31. The van der Waals surface area contributed by atoms with Crippen LogP contribution in [0.5, 0.6) is 11.5 Å². The number of anilines is 5. The maximum absolute atomic E-state index is 5.43. The predicted octanol–water partition coefficient (Wildman–Crippen LogP) is 3.98. The first-order chi connectivity index (χ1) is 14.3. The summed E-state index contributed by atoms with van der Waals surface area (Å²) in [6.45, 7) is 1.87. The van der Waals surface area contributed by atoms with E-state index in [0.717, 1.165) is 48.8 Å². The van der Waals surface area contributed by atoms with Crippen molar-refractivity contribution in [3.8, 4) is 11.5 Å². The molecule has 4 rings (SSSR count). The van der Waals surface area contributed by atoms with Crippen LogP contribution in [-0.4, -0.2) is 42.3 Å². The molecule has 2 aromatic carbocycles. The Hall–Kier alpha value is -3.55. The molecule has 0 atom stereocenters. The fourth-order valence-electron chi connectivity index (χ4n) is 3.27. The van der Waals surface area contributed by atoms with Crippen molar-refractivity contribution < 1.29 is 9.47 Å². The normalized spacial score (nSPS) is 13.2. The van der Waals surface area contributed by atoms with Gasteiger partial charge in [0.15, 0.2) is 0 Å². The summed E-state index contributed by atoms with van der Waals surface area (Å²) < 4.78 is 10.9. The molecule has 3 aromatic rings. The Bertz CT molecular complexity index is 907. The van der Waals surface area contributed by atoms with E-state index in [4.69, 9.17) is 9.47 Å². The van der Waals surface area contributed by atoms with Gasteiger partial charge in [0.05, 0.1) is 25.6 Å². The van der Waals surface area contributed by atoms with Crippen LogP contribution in [0, 0.1) is 0 Å². The van der Waals surface area contributed by atoms with Gasteiger partial charge < -0.3 is 25.0 Å². The first-order valence-electron chi connectivity index (χ1n) is 9.58. The highest BCUT2D eigenvalue weighted by atomic mass is 16.5. The van der Waals surface area contributed by atoms with Crippen LogP contribution in [-0.2, 0) is 0 Å². The van der Waals surface area contributed by atoms with Crippen molar-refractivity contribution in [3.63, 3.8) is 0 Å². The Kier molecular flexibility index (Phi) is 5.60. The summed E-state index contributed by atoms with van der Waals surface area (Å²) in [5.74, 6) is 2.98. The van der Waals surface area contributed by atoms with E-state index in [2.05, 4.69) is 30.5 Å². The number of nitrogens with zero attached hydrogens (tertiary/aromatic N) is 4. The molecule has 8 heteroatoms. The molecule has 1 fully saturated rings. The summed E-state index contributed by atoms with van der Waals surface area (Å²) in [6, 6.07) is 15.3. The SMILES string of the molecule is COc1ccccc1Nc1nc(Nc2ccccc2OC)nc(N2CCCC2)n1. The molecule has 0 amide bonds. The highest BCUT2D eigenvalue weighted by molar-refractivity contribution is 5.66. The number of hydrogen-bond donors (Lipinski definition) is 2. The number of hydrogen-bond acceptors (Lipinski definition) is 8. The summed E-state index contributed by atoms with van der Waals surface area (Å²) in [4.78, 5) is 16.0. The maximum atomic E-state index is 5.43. The Morgan fingerprint density at radius 1 is 0.724 bits per heavy atom. The molecule has 0 spiro atoms. The molecule has 0 saturated carbocycles. The topological polar surface area (TPSA) is 84.4 Å². The summed E-state index contributed by atoms with van der Waals surface area (Å²) in [7, 11) is 3.27. The van der Waals surface area contributed by atoms with Gasteiger partial charge in [0.2, 0.25) is 17.8 Å². The average Bonchev–Trinajstić information content (AvgIpc) is 3.29. The maximum Gasteiger partial charge on any atom is 0.233 e. The van der Waals surface area contributed by atoms with Gasteiger partial charge in [0.1, 0.15) is 11.5 Å². The Labute approximate surface area is 169 Å². The molecule has 0 bridgehead atoms. The molecule has 8 nitrogen and oxygen atoms in total. The molecule has 29 heavy (non-hydrogen) atoms. The molecule has 1 aromatic heterocycles. The molecule has 2 heterocycles. The van der Waals surface area contributed by atoms with Gasteiger partial charge in [0.25, 0.3) is 0 Å². The first-order valence-corrected chi connectivity index (χ1v) is 9.58. The first kappa shape index (κ1) is 18.8. The zero-order valence-electron chi connectivity index (χ0n) is 16.6. The largest absolute Gasteiger partial charge is 0.495 e. The van der Waals surface area contributed by atoms with E-state index in [1.165, 1.54) is 0 Å². The van der Waals surface area contributed by atoms with Crippen molar-refractivity contribution in [2.45, 2.75) is 12.8 Å². The lowest BCUT2D eigenvalue weighted by atomic mass is 10.3. The van der Waals surface area contributed by atoms with E-state index >= 15 is 0 Å². The number of nitrogens with one attached hydrogen (secondary N) is 2. The van der Waals surface area contributed by atoms with Crippen LogP contribution < -0.4 is 25.0 Å². The smallest absolute Gasteiger partial charge is 0.233 e. The van der Waals surface area contributed by atoms with E-state index in [1.807, 2.05) is 48.5 Å². The molecule has 1 aliphatic rings. The fraction of sp³-hybridized carbons (Fsp3) is 0.286. The molecule has 0 unspecified atom stereocenters. The number of para-hydroxylation sites is 4. The fourth-order valence-corrected chi connectivity index (χ4v) is 3.27. The zero-order valence-corrected chi connectivity index (χ0v) is 16.6. The van der Waals surface area contributed by atoms with Gasteiger partial charge in [-0.15, -0.1) is 0 Å². The minimum absolute atomic E-state index is 0.448. The van der Waals surface area contributed by atoms with Crippen molar-refractivity contribution in [1.82, 2.24) is 15.0 Å². The lowest BCUT2D eigenvalue weighted by molar-refractivity contribution is 0.417. The van der Waals surface area contributed by atoms with E-state index in [-0.39, 0.29) is 0 Å². The molecule has 0 aliphatic carbocycles. The van der Waals surface area contributed by atoms with E-state index in [1.54, 1.807) is 14.2 Å². The van der Waals surface area contributed by atoms with Gasteiger partial charge in [-0.25, -0.2) is 0 Å². The van der Waals surface area contributed by atoms with Crippen molar-refractivity contribution in [2.75, 3.05) is 42.8 Å². The Morgan fingerprint density at radius 3 is 1.69 bits per heavy atom. The van der Waals surface area contributed by atoms with Gasteiger partial charge >= 0.3 is 0 Å². The predicted molar refractivity (Wildman–Crippen MR) is 114 cm³/mol. The van der Waals surface area contributed by atoms with Crippen LogP contribution in [0.3, 0.4) is 0 Å². The average molecular weight is 392 g/mol. The van der Waals surface area contributed by atoms with E-state index in [0.29, 0.717) is 17.8 Å². The number of ether oxygens (including phenoxy) is 2. The van der Waals surface area contributed by atoms with Crippen molar-refractivity contribution in [3.05, 3.63) is 48.5 Å². The van der Waals surface area contributed by atoms with E-state index in [9.17, 15) is 0 Å². The van der Waals surface area contributed by atoms with Crippen molar-refractivity contribution >= 4 is 29.2 Å².